The minimum absolute atomic E-state index is 0.0417. The summed E-state index contributed by atoms with van der Waals surface area (Å²) >= 11 is 5.56. The molecule has 1 saturated heterocycles. The highest BCUT2D eigenvalue weighted by atomic mass is 35.5. The molecule has 0 N–H and O–H groups in total. The third kappa shape index (κ3) is 1.16. The summed E-state index contributed by atoms with van der Waals surface area (Å²) in [5.41, 5.74) is 0. The first-order valence-corrected chi connectivity index (χ1v) is 4.14. The van der Waals surface area contributed by atoms with Crippen molar-refractivity contribution in [2.45, 2.75) is 17.6 Å². The zero-order valence-corrected chi connectivity index (χ0v) is 5.47. The summed E-state index contributed by atoms with van der Waals surface area (Å²) in [6.45, 7) is 0. The van der Waals surface area contributed by atoms with Crippen molar-refractivity contribution in [3.63, 3.8) is 0 Å². The molecule has 0 radical (unpaired) electrons. The van der Waals surface area contributed by atoms with Gasteiger partial charge in [0.2, 0.25) is 0 Å². The monoisotopic (exact) mass is 138 g/mol. The van der Waals surface area contributed by atoms with E-state index in [1.54, 1.807) is 0 Å². The molecule has 0 amide bonds. The van der Waals surface area contributed by atoms with Crippen molar-refractivity contribution < 1.29 is 4.21 Å². The molecule has 0 unspecified atom stereocenters. The molecule has 1 aliphatic heterocycles. The lowest BCUT2D eigenvalue weighted by Gasteiger charge is -1.89. The van der Waals surface area contributed by atoms with E-state index in [4.69, 9.17) is 11.6 Å². The van der Waals surface area contributed by atoms with E-state index in [0.29, 0.717) is 0 Å². The van der Waals surface area contributed by atoms with E-state index in [2.05, 4.69) is 0 Å². The van der Waals surface area contributed by atoms with Crippen LogP contribution in [0.25, 0.3) is 0 Å². The predicted octanol–water partition coefficient (Wildman–Crippen LogP) is 1.09. The first kappa shape index (κ1) is 5.57. The maximum Gasteiger partial charge on any atom is 0.109 e. The Morgan fingerprint density at radius 1 is 1.71 bits per heavy atom. The number of hydrogen-bond acceptors (Lipinski definition) is 1. The van der Waals surface area contributed by atoms with Gasteiger partial charge in [0.25, 0.3) is 0 Å². The van der Waals surface area contributed by atoms with Crippen LogP contribution in [0.5, 0.6) is 0 Å². The molecule has 42 valence electrons. The van der Waals surface area contributed by atoms with Gasteiger partial charge in [-0.05, 0) is 12.8 Å². The molecule has 1 fully saturated rings. The van der Waals surface area contributed by atoms with E-state index in [-0.39, 0.29) is 4.71 Å². The van der Waals surface area contributed by atoms with Crippen LogP contribution in [-0.4, -0.2) is 14.7 Å². The summed E-state index contributed by atoms with van der Waals surface area (Å²) in [4.78, 5) is 0. The summed E-state index contributed by atoms with van der Waals surface area (Å²) in [5, 5.41) is 0. The number of hydrogen-bond donors (Lipinski definition) is 0. The highest BCUT2D eigenvalue weighted by molar-refractivity contribution is 7.87. The summed E-state index contributed by atoms with van der Waals surface area (Å²) < 4.78 is 10.5. The average molecular weight is 139 g/mol. The van der Waals surface area contributed by atoms with Crippen molar-refractivity contribution in [1.29, 1.82) is 0 Å². The van der Waals surface area contributed by atoms with Crippen LogP contribution in [0.4, 0.5) is 0 Å². The molecular weight excluding hydrogens is 132 g/mol. The second kappa shape index (κ2) is 2.14. The third-order valence-electron chi connectivity index (χ3n) is 1.06. The Labute approximate surface area is 50.5 Å². The Morgan fingerprint density at radius 2 is 2.43 bits per heavy atom. The van der Waals surface area contributed by atoms with Gasteiger partial charge in [0.1, 0.15) is 4.71 Å². The lowest BCUT2D eigenvalue weighted by atomic mass is 10.4. The van der Waals surface area contributed by atoms with Gasteiger partial charge in [-0.1, -0.05) is 0 Å². The van der Waals surface area contributed by atoms with Gasteiger partial charge in [0.05, 0.1) is 0 Å². The van der Waals surface area contributed by atoms with Crippen LogP contribution in [0, 0.1) is 0 Å². The zero-order chi connectivity index (χ0) is 5.28. The standard InChI is InChI=1S/C4H7ClOS/c5-4-2-1-3-7(4)6/h4H,1-3H2/t4-,7+/m1/s1. The summed E-state index contributed by atoms with van der Waals surface area (Å²) in [6.07, 6.45) is 1.98. The van der Waals surface area contributed by atoms with Crippen LogP contribution in [0.1, 0.15) is 12.8 Å². The summed E-state index contributed by atoms with van der Waals surface area (Å²) in [7, 11) is -0.702. The second-order valence-electron chi connectivity index (χ2n) is 1.64. The van der Waals surface area contributed by atoms with Gasteiger partial charge in [-0.25, -0.2) is 0 Å². The van der Waals surface area contributed by atoms with Gasteiger partial charge in [-0.3, -0.25) is 4.21 Å². The fourth-order valence-electron chi connectivity index (χ4n) is 0.645. The molecule has 2 atom stereocenters. The quantitative estimate of drug-likeness (QED) is 0.458. The van der Waals surface area contributed by atoms with Crippen molar-refractivity contribution in [2.24, 2.45) is 0 Å². The molecule has 1 rings (SSSR count). The molecule has 0 aliphatic carbocycles. The highest BCUT2D eigenvalue weighted by Crippen LogP contribution is 2.18. The Bertz CT molecular complexity index is 93.7. The molecule has 0 aromatic carbocycles. The molecular formula is C4H7ClOS. The fraction of sp³-hybridized carbons (Fsp3) is 1.00. The maximum absolute atomic E-state index is 10.6. The van der Waals surface area contributed by atoms with Crippen LogP contribution >= 0.6 is 11.6 Å². The highest BCUT2D eigenvalue weighted by Gasteiger charge is 2.19. The van der Waals surface area contributed by atoms with E-state index >= 15 is 0 Å². The summed E-state index contributed by atoms with van der Waals surface area (Å²) in [5.74, 6) is 0.814. The fourth-order valence-corrected chi connectivity index (χ4v) is 2.20. The van der Waals surface area contributed by atoms with Crippen molar-refractivity contribution >= 4 is 22.4 Å². The first-order valence-electron chi connectivity index (χ1n) is 2.32. The van der Waals surface area contributed by atoms with Crippen molar-refractivity contribution in [2.75, 3.05) is 5.75 Å². The van der Waals surface area contributed by atoms with Crippen LogP contribution < -0.4 is 0 Å². The second-order valence-corrected chi connectivity index (χ2v) is 4.16. The Morgan fingerprint density at radius 3 is 2.57 bits per heavy atom. The molecule has 7 heavy (non-hydrogen) atoms. The predicted molar refractivity (Wildman–Crippen MR) is 31.9 cm³/mol. The molecule has 0 aromatic heterocycles. The number of rotatable bonds is 0. The smallest absolute Gasteiger partial charge is 0.109 e. The Hall–Kier alpha value is 0.440. The van der Waals surface area contributed by atoms with Crippen molar-refractivity contribution in [1.82, 2.24) is 0 Å². The van der Waals surface area contributed by atoms with Crippen molar-refractivity contribution in [3.05, 3.63) is 0 Å². The molecule has 0 saturated carbocycles. The molecule has 0 aromatic rings. The van der Waals surface area contributed by atoms with E-state index in [9.17, 15) is 4.21 Å². The van der Waals surface area contributed by atoms with Crippen LogP contribution in [0.15, 0.2) is 0 Å². The SMILES string of the molecule is O=[S@]1CCC[C@@H]1Cl. The van der Waals surface area contributed by atoms with Gasteiger partial charge >= 0.3 is 0 Å². The van der Waals surface area contributed by atoms with Crippen LogP contribution in [0.2, 0.25) is 0 Å². The van der Waals surface area contributed by atoms with Gasteiger partial charge in [0, 0.05) is 16.6 Å². The molecule has 1 nitrogen and oxygen atoms in total. The first-order chi connectivity index (χ1) is 3.30. The molecule has 1 heterocycles. The molecule has 0 bridgehead atoms. The van der Waals surface area contributed by atoms with E-state index in [1.807, 2.05) is 0 Å². The van der Waals surface area contributed by atoms with Crippen molar-refractivity contribution in [3.8, 4) is 0 Å². The minimum Gasteiger partial charge on any atom is -0.258 e. The maximum atomic E-state index is 10.6. The number of alkyl halides is 1. The normalized spacial score (nSPS) is 41.9. The average Bonchev–Trinajstić information content (AvgIpc) is 1.91. The van der Waals surface area contributed by atoms with E-state index < -0.39 is 10.8 Å². The number of halogens is 1. The topological polar surface area (TPSA) is 17.1 Å². The summed E-state index contributed by atoms with van der Waals surface area (Å²) in [6, 6.07) is 0. The lowest BCUT2D eigenvalue weighted by molar-refractivity contribution is 0.685. The minimum atomic E-state index is -0.702. The van der Waals surface area contributed by atoms with Gasteiger partial charge in [-0.2, -0.15) is 0 Å². The van der Waals surface area contributed by atoms with Crippen LogP contribution in [-0.2, 0) is 10.8 Å². The van der Waals surface area contributed by atoms with E-state index in [0.717, 1.165) is 18.6 Å². The van der Waals surface area contributed by atoms with Gasteiger partial charge < -0.3 is 0 Å². The molecule has 0 spiro atoms. The Kier molecular flexibility index (Phi) is 1.70. The zero-order valence-electron chi connectivity index (χ0n) is 3.89. The van der Waals surface area contributed by atoms with Crippen LogP contribution in [0.3, 0.4) is 0 Å². The van der Waals surface area contributed by atoms with Gasteiger partial charge in [0.15, 0.2) is 0 Å². The van der Waals surface area contributed by atoms with E-state index in [1.165, 1.54) is 0 Å². The Balaban J connectivity index is 2.48. The molecule has 1 aliphatic rings. The van der Waals surface area contributed by atoms with Gasteiger partial charge in [-0.15, -0.1) is 11.6 Å². The lowest BCUT2D eigenvalue weighted by Crippen LogP contribution is -1.97. The molecule has 3 heteroatoms. The largest absolute Gasteiger partial charge is 0.258 e. The third-order valence-corrected chi connectivity index (χ3v) is 3.37.